The van der Waals surface area contributed by atoms with Crippen LogP contribution in [0.1, 0.15) is 36.2 Å². The van der Waals surface area contributed by atoms with Gasteiger partial charge in [0.2, 0.25) is 11.8 Å². The first-order valence-corrected chi connectivity index (χ1v) is 12.0. The van der Waals surface area contributed by atoms with E-state index in [1.54, 1.807) is 44.2 Å². The van der Waals surface area contributed by atoms with Crippen molar-refractivity contribution in [3.63, 3.8) is 0 Å². The van der Waals surface area contributed by atoms with Gasteiger partial charge in [0.15, 0.2) is 0 Å². The lowest BCUT2D eigenvalue weighted by Crippen LogP contribution is -2.48. The summed E-state index contributed by atoms with van der Waals surface area (Å²) in [6.45, 7) is 3.50. The van der Waals surface area contributed by atoms with E-state index >= 15 is 0 Å². The van der Waals surface area contributed by atoms with Crippen LogP contribution in [0.4, 0.5) is 0 Å². The monoisotopic (exact) mass is 477 g/mol. The molecule has 2 aromatic carbocycles. The number of benzene rings is 2. The van der Waals surface area contributed by atoms with E-state index in [9.17, 15) is 22.8 Å². The standard InChI is InChI=1S/C22H24ClN3O5S/c1-3-24-21(28)15(2)25(14-16-8-4-6-10-18(16)23)20(27)12-13-26-22(29)17-9-5-7-11-19(17)32(26,30)31/h4-11,15H,3,12-14H2,1-2H3,(H,24,28)/t15-/m0/s1. The maximum absolute atomic E-state index is 13.1. The first kappa shape index (κ1) is 23.7. The van der Waals surface area contributed by atoms with Gasteiger partial charge in [-0.25, -0.2) is 12.7 Å². The quantitative estimate of drug-likeness (QED) is 0.628. The molecule has 0 radical (unpaired) electrons. The van der Waals surface area contributed by atoms with E-state index in [2.05, 4.69) is 5.32 Å². The Labute approximate surface area is 192 Å². The third-order valence-electron chi connectivity index (χ3n) is 5.26. The van der Waals surface area contributed by atoms with Crippen LogP contribution in [0.15, 0.2) is 53.4 Å². The third-order valence-corrected chi connectivity index (χ3v) is 7.47. The van der Waals surface area contributed by atoms with Gasteiger partial charge in [0, 0.05) is 31.1 Å². The SMILES string of the molecule is CCNC(=O)[C@H](C)N(Cc1ccccc1Cl)C(=O)CCN1C(=O)c2ccccc2S1(=O)=O. The number of carbonyl (C=O) groups is 3. The molecule has 0 unspecified atom stereocenters. The lowest BCUT2D eigenvalue weighted by atomic mass is 10.1. The number of hydrogen-bond acceptors (Lipinski definition) is 5. The number of halogens is 1. The van der Waals surface area contributed by atoms with Gasteiger partial charge in [-0.15, -0.1) is 0 Å². The highest BCUT2D eigenvalue weighted by molar-refractivity contribution is 7.90. The molecule has 8 nitrogen and oxygen atoms in total. The summed E-state index contributed by atoms with van der Waals surface area (Å²) in [6.07, 6.45) is -0.271. The topological polar surface area (TPSA) is 104 Å². The van der Waals surface area contributed by atoms with Crippen LogP contribution >= 0.6 is 11.6 Å². The molecule has 10 heteroatoms. The summed E-state index contributed by atoms with van der Waals surface area (Å²) in [6, 6.07) is 12.1. The largest absolute Gasteiger partial charge is 0.355 e. The van der Waals surface area contributed by atoms with E-state index in [-0.39, 0.29) is 35.9 Å². The number of fused-ring (bicyclic) bond motifs is 1. The Kier molecular flexibility index (Phi) is 7.20. The van der Waals surface area contributed by atoms with Crippen molar-refractivity contribution in [3.8, 4) is 0 Å². The molecule has 1 aliphatic rings. The lowest BCUT2D eigenvalue weighted by Gasteiger charge is -2.29. The van der Waals surface area contributed by atoms with E-state index in [0.717, 1.165) is 0 Å². The number of sulfonamides is 1. The molecule has 0 aromatic heterocycles. The molecule has 32 heavy (non-hydrogen) atoms. The molecule has 0 spiro atoms. The molecular weight excluding hydrogens is 454 g/mol. The van der Waals surface area contributed by atoms with Crippen LogP contribution < -0.4 is 5.32 Å². The first-order valence-electron chi connectivity index (χ1n) is 10.1. The minimum Gasteiger partial charge on any atom is -0.355 e. The van der Waals surface area contributed by atoms with Crippen LogP contribution in [0, 0.1) is 0 Å². The average molecular weight is 478 g/mol. The molecule has 1 aliphatic heterocycles. The molecule has 1 atom stereocenters. The summed E-state index contributed by atoms with van der Waals surface area (Å²) < 4.78 is 26.2. The van der Waals surface area contributed by atoms with Gasteiger partial charge >= 0.3 is 0 Å². The molecule has 0 bridgehead atoms. The molecule has 3 amide bonds. The van der Waals surface area contributed by atoms with E-state index in [4.69, 9.17) is 11.6 Å². The molecule has 1 N–H and O–H groups in total. The zero-order chi connectivity index (χ0) is 23.5. The van der Waals surface area contributed by atoms with E-state index in [1.807, 2.05) is 0 Å². The van der Waals surface area contributed by atoms with Gasteiger partial charge in [0.1, 0.15) is 10.9 Å². The van der Waals surface area contributed by atoms with Gasteiger partial charge in [-0.05, 0) is 37.6 Å². The second-order valence-corrected chi connectivity index (χ2v) is 9.55. The van der Waals surface area contributed by atoms with Crippen molar-refractivity contribution in [2.24, 2.45) is 0 Å². The molecule has 170 valence electrons. The minimum atomic E-state index is -4.02. The molecule has 0 fully saturated rings. The van der Waals surface area contributed by atoms with Gasteiger partial charge in [0.05, 0.1) is 5.56 Å². The van der Waals surface area contributed by atoms with Gasteiger partial charge in [-0.1, -0.05) is 41.9 Å². The van der Waals surface area contributed by atoms with Crippen molar-refractivity contribution in [1.29, 1.82) is 0 Å². The number of carbonyl (C=O) groups excluding carboxylic acids is 3. The highest BCUT2D eigenvalue weighted by Crippen LogP contribution is 2.30. The van der Waals surface area contributed by atoms with Gasteiger partial charge < -0.3 is 10.2 Å². The van der Waals surface area contributed by atoms with Crippen LogP contribution in [0.3, 0.4) is 0 Å². The summed E-state index contributed by atoms with van der Waals surface area (Å²) in [5, 5.41) is 3.13. The Balaban J connectivity index is 1.80. The van der Waals surface area contributed by atoms with Crippen molar-refractivity contribution < 1.29 is 22.8 Å². The van der Waals surface area contributed by atoms with Gasteiger partial charge in [-0.3, -0.25) is 14.4 Å². The normalized spacial score (nSPS) is 15.2. The molecular formula is C22H24ClN3O5S. The number of nitrogens with one attached hydrogen (secondary N) is 1. The van der Waals surface area contributed by atoms with Crippen LogP contribution in [0.2, 0.25) is 5.02 Å². The molecule has 0 aliphatic carbocycles. The predicted molar refractivity (Wildman–Crippen MR) is 119 cm³/mol. The minimum absolute atomic E-state index is 0.0672. The van der Waals surface area contributed by atoms with Crippen molar-refractivity contribution >= 4 is 39.3 Å². The number of likely N-dealkylation sites (N-methyl/N-ethyl adjacent to an activating group) is 1. The van der Waals surface area contributed by atoms with Crippen LogP contribution in [0.25, 0.3) is 0 Å². The molecule has 1 heterocycles. The number of nitrogens with zero attached hydrogens (tertiary/aromatic N) is 2. The summed E-state index contributed by atoms with van der Waals surface area (Å²) >= 11 is 6.24. The Morgan fingerprint density at radius 2 is 1.78 bits per heavy atom. The van der Waals surface area contributed by atoms with Crippen LogP contribution in [-0.4, -0.2) is 54.5 Å². The highest BCUT2D eigenvalue weighted by atomic mass is 35.5. The Bertz CT molecular complexity index is 1150. The van der Waals surface area contributed by atoms with Crippen LogP contribution in [0.5, 0.6) is 0 Å². The maximum atomic E-state index is 13.1. The van der Waals surface area contributed by atoms with Crippen molar-refractivity contribution in [3.05, 3.63) is 64.7 Å². The molecule has 0 saturated carbocycles. The van der Waals surface area contributed by atoms with E-state index in [1.165, 1.54) is 23.1 Å². The Morgan fingerprint density at radius 3 is 2.44 bits per heavy atom. The van der Waals surface area contributed by atoms with Crippen molar-refractivity contribution in [1.82, 2.24) is 14.5 Å². The first-order chi connectivity index (χ1) is 15.2. The maximum Gasteiger partial charge on any atom is 0.269 e. The van der Waals surface area contributed by atoms with Crippen molar-refractivity contribution in [2.75, 3.05) is 13.1 Å². The second-order valence-electron chi connectivity index (χ2n) is 7.31. The van der Waals surface area contributed by atoms with Gasteiger partial charge in [0.25, 0.3) is 15.9 Å². The zero-order valence-corrected chi connectivity index (χ0v) is 19.3. The molecule has 3 rings (SSSR count). The van der Waals surface area contributed by atoms with Crippen molar-refractivity contribution in [2.45, 2.75) is 37.8 Å². The lowest BCUT2D eigenvalue weighted by molar-refractivity contribution is -0.140. The Hall–Kier alpha value is -2.91. The van der Waals surface area contributed by atoms with Gasteiger partial charge in [-0.2, -0.15) is 0 Å². The Morgan fingerprint density at radius 1 is 1.12 bits per heavy atom. The fraction of sp³-hybridized carbons (Fsp3) is 0.318. The fourth-order valence-electron chi connectivity index (χ4n) is 3.51. The van der Waals surface area contributed by atoms with E-state index < -0.39 is 27.9 Å². The predicted octanol–water partition coefficient (Wildman–Crippen LogP) is 2.43. The third kappa shape index (κ3) is 4.63. The molecule has 0 saturated heterocycles. The smallest absolute Gasteiger partial charge is 0.269 e. The fourth-order valence-corrected chi connectivity index (χ4v) is 5.27. The summed E-state index contributed by atoms with van der Waals surface area (Å²) in [5.74, 6) is -1.48. The number of hydrogen-bond donors (Lipinski definition) is 1. The second kappa shape index (κ2) is 9.70. The van der Waals surface area contributed by atoms with E-state index in [0.29, 0.717) is 21.4 Å². The average Bonchev–Trinajstić information content (AvgIpc) is 2.96. The summed E-state index contributed by atoms with van der Waals surface area (Å²) in [5.41, 5.74) is 0.736. The zero-order valence-electron chi connectivity index (χ0n) is 17.7. The summed E-state index contributed by atoms with van der Waals surface area (Å²) in [7, 11) is -4.02. The number of amides is 3. The summed E-state index contributed by atoms with van der Waals surface area (Å²) in [4.78, 5) is 39.4. The highest BCUT2D eigenvalue weighted by Gasteiger charge is 2.41. The van der Waals surface area contributed by atoms with Crippen LogP contribution in [-0.2, 0) is 26.2 Å². The molecule has 2 aromatic rings. The number of rotatable bonds is 8.